The van der Waals surface area contributed by atoms with Crippen molar-refractivity contribution in [2.24, 2.45) is 4.99 Å². The molecule has 0 bridgehead atoms. The molecule has 28 heavy (non-hydrogen) atoms. The van der Waals surface area contributed by atoms with E-state index < -0.39 is 0 Å². The number of halogens is 1. The Labute approximate surface area is 165 Å². The molecule has 3 aromatic rings. The molecule has 1 aromatic heterocycles. The van der Waals surface area contributed by atoms with E-state index in [2.05, 4.69) is 63.9 Å². The number of hydrogen-bond acceptors (Lipinski definition) is 2. The number of H-pyrrole nitrogens is 1. The van der Waals surface area contributed by atoms with Gasteiger partial charge in [0.2, 0.25) is 0 Å². The molecule has 0 saturated carbocycles. The Morgan fingerprint density at radius 2 is 1.82 bits per heavy atom. The van der Waals surface area contributed by atoms with Crippen LogP contribution in [0.3, 0.4) is 0 Å². The number of aliphatic imine (C=N–C) groups is 1. The van der Waals surface area contributed by atoms with Gasteiger partial charge < -0.3 is 20.5 Å². The molecule has 0 aliphatic carbocycles. The lowest BCUT2D eigenvalue weighted by molar-refractivity contribution is 0.402. The highest BCUT2D eigenvalue weighted by molar-refractivity contribution is 5.83. The lowest BCUT2D eigenvalue weighted by Crippen LogP contribution is -2.37. The van der Waals surface area contributed by atoms with Crippen molar-refractivity contribution >= 4 is 16.9 Å². The molecule has 0 aliphatic rings. The van der Waals surface area contributed by atoms with Crippen LogP contribution in [0.1, 0.15) is 16.7 Å². The second kappa shape index (κ2) is 9.37. The molecule has 148 valence electrons. The number of fused-ring (bicyclic) bond motifs is 1. The molecule has 3 rings (SSSR count). The van der Waals surface area contributed by atoms with E-state index in [4.69, 9.17) is 0 Å². The third kappa shape index (κ3) is 5.33. The molecule has 0 saturated heterocycles. The van der Waals surface area contributed by atoms with E-state index in [1.807, 2.05) is 12.3 Å². The molecule has 3 N–H and O–H groups in total. The molecule has 0 unspecified atom stereocenters. The first-order valence-corrected chi connectivity index (χ1v) is 9.47. The van der Waals surface area contributed by atoms with Crippen LogP contribution in [0, 0.1) is 5.82 Å². The maximum Gasteiger partial charge on any atom is 0.191 e. The highest BCUT2D eigenvalue weighted by Gasteiger charge is 2.05. The summed E-state index contributed by atoms with van der Waals surface area (Å²) in [5.74, 6) is 0.543. The number of hydrogen-bond donors (Lipinski definition) is 3. The van der Waals surface area contributed by atoms with Crippen molar-refractivity contribution in [2.45, 2.75) is 19.5 Å². The van der Waals surface area contributed by atoms with E-state index in [1.165, 1.54) is 23.3 Å². The largest absolute Gasteiger partial charge is 0.361 e. The van der Waals surface area contributed by atoms with E-state index in [0.717, 1.165) is 41.9 Å². The van der Waals surface area contributed by atoms with Gasteiger partial charge in [-0.15, -0.1) is 0 Å². The minimum absolute atomic E-state index is 0.224. The van der Waals surface area contributed by atoms with Crippen LogP contribution in [0.15, 0.2) is 53.7 Å². The topological polar surface area (TPSA) is 55.5 Å². The molecule has 0 radical (unpaired) electrons. The third-order valence-electron chi connectivity index (χ3n) is 4.62. The molecule has 6 heteroatoms. The summed E-state index contributed by atoms with van der Waals surface area (Å²) in [6, 6.07) is 13.5. The SMILES string of the molecule is CN=C(NCCc1c[nH]c2cc(F)ccc12)NCc1ccc(CN(C)C)cc1. The Bertz CT molecular complexity index is 928. The molecule has 1 heterocycles. The minimum Gasteiger partial charge on any atom is -0.361 e. The van der Waals surface area contributed by atoms with E-state index in [9.17, 15) is 4.39 Å². The summed E-state index contributed by atoms with van der Waals surface area (Å²) in [5, 5.41) is 7.74. The van der Waals surface area contributed by atoms with E-state index in [0.29, 0.717) is 6.54 Å². The first-order valence-electron chi connectivity index (χ1n) is 9.47. The molecule has 0 amide bonds. The number of aromatic nitrogens is 1. The van der Waals surface area contributed by atoms with Gasteiger partial charge in [-0.3, -0.25) is 4.99 Å². The average molecular weight is 381 g/mol. The summed E-state index contributed by atoms with van der Waals surface area (Å²) in [5.41, 5.74) is 4.50. The van der Waals surface area contributed by atoms with Crippen molar-refractivity contribution in [3.63, 3.8) is 0 Å². The summed E-state index contributed by atoms with van der Waals surface area (Å²) in [6.07, 6.45) is 2.77. The molecule has 0 fully saturated rings. The van der Waals surface area contributed by atoms with Crippen molar-refractivity contribution in [3.8, 4) is 0 Å². The maximum atomic E-state index is 13.3. The Kier molecular flexibility index (Phi) is 6.66. The quantitative estimate of drug-likeness (QED) is 0.435. The maximum absolute atomic E-state index is 13.3. The second-order valence-electron chi connectivity index (χ2n) is 7.16. The fourth-order valence-corrected chi connectivity index (χ4v) is 3.22. The molecule has 5 nitrogen and oxygen atoms in total. The zero-order valence-electron chi connectivity index (χ0n) is 16.7. The summed E-state index contributed by atoms with van der Waals surface area (Å²) in [4.78, 5) is 9.57. The molecule has 0 aliphatic heterocycles. The molecule has 0 spiro atoms. The predicted molar refractivity (Wildman–Crippen MR) is 114 cm³/mol. The van der Waals surface area contributed by atoms with Crippen LogP contribution in [0.4, 0.5) is 4.39 Å². The van der Waals surface area contributed by atoms with Gasteiger partial charge in [0.25, 0.3) is 0 Å². The minimum atomic E-state index is -0.224. The summed E-state index contributed by atoms with van der Waals surface area (Å²) < 4.78 is 13.3. The number of nitrogens with one attached hydrogen (secondary N) is 3. The molecule has 2 aromatic carbocycles. The second-order valence-corrected chi connectivity index (χ2v) is 7.16. The highest BCUT2D eigenvalue weighted by Crippen LogP contribution is 2.19. The predicted octanol–water partition coefficient (Wildman–Crippen LogP) is 3.28. The van der Waals surface area contributed by atoms with Gasteiger partial charge in [0.15, 0.2) is 5.96 Å². The standard InChI is InChI=1S/C22H28FN5/c1-24-22(27-13-16-4-6-17(7-5-16)15-28(2)3)25-11-10-18-14-26-21-12-19(23)8-9-20(18)21/h4-9,12,14,26H,10-11,13,15H2,1-3H3,(H2,24,25,27). The van der Waals surface area contributed by atoms with Crippen LogP contribution in [0.25, 0.3) is 10.9 Å². The fourth-order valence-electron chi connectivity index (χ4n) is 3.22. The lowest BCUT2D eigenvalue weighted by Gasteiger charge is -2.13. The Morgan fingerprint density at radius 1 is 1.07 bits per heavy atom. The van der Waals surface area contributed by atoms with Gasteiger partial charge in [0.05, 0.1) is 0 Å². The van der Waals surface area contributed by atoms with Crippen molar-refractivity contribution in [1.82, 2.24) is 20.5 Å². The van der Waals surface area contributed by atoms with Crippen LogP contribution in [-0.4, -0.2) is 43.5 Å². The summed E-state index contributed by atoms with van der Waals surface area (Å²) in [6.45, 7) is 2.40. The van der Waals surface area contributed by atoms with Crippen molar-refractivity contribution in [1.29, 1.82) is 0 Å². The van der Waals surface area contributed by atoms with Crippen LogP contribution in [0.5, 0.6) is 0 Å². The van der Waals surface area contributed by atoms with Crippen molar-refractivity contribution < 1.29 is 4.39 Å². The number of aromatic amines is 1. The fraction of sp³-hybridized carbons (Fsp3) is 0.318. The van der Waals surface area contributed by atoms with Gasteiger partial charge in [0.1, 0.15) is 5.82 Å². The van der Waals surface area contributed by atoms with Gasteiger partial charge in [-0.1, -0.05) is 24.3 Å². The number of nitrogens with zero attached hydrogens (tertiary/aromatic N) is 2. The van der Waals surface area contributed by atoms with Crippen molar-refractivity contribution in [2.75, 3.05) is 27.7 Å². The van der Waals surface area contributed by atoms with Crippen LogP contribution < -0.4 is 10.6 Å². The molecular formula is C22H28FN5. The summed E-state index contributed by atoms with van der Waals surface area (Å²) in [7, 11) is 5.91. The average Bonchev–Trinajstić information content (AvgIpc) is 3.07. The normalized spacial score (nSPS) is 12.0. The van der Waals surface area contributed by atoms with E-state index in [1.54, 1.807) is 7.05 Å². The molecule has 0 atom stereocenters. The Hall–Kier alpha value is -2.86. The molecular weight excluding hydrogens is 353 g/mol. The number of guanidine groups is 1. The van der Waals surface area contributed by atoms with Gasteiger partial charge in [-0.25, -0.2) is 4.39 Å². The zero-order valence-corrected chi connectivity index (χ0v) is 16.7. The van der Waals surface area contributed by atoms with Crippen LogP contribution >= 0.6 is 0 Å². The van der Waals surface area contributed by atoms with Crippen LogP contribution in [0.2, 0.25) is 0 Å². The Balaban J connectivity index is 1.48. The summed E-state index contributed by atoms with van der Waals surface area (Å²) >= 11 is 0. The van der Waals surface area contributed by atoms with Gasteiger partial charge in [-0.2, -0.15) is 0 Å². The van der Waals surface area contributed by atoms with E-state index in [-0.39, 0.29) is 5.82 Å². The van der Waals surface area contributed by atoms with Gasteiger partial charge in [0, 0.05) is 43.8 Å². The van der Waals surface area contributed by atoms with Gasteiger partial charge in [-0.05, 0) is 55.4 Å². The van der Waals surface area contributed by atoms with Gasteiger partial charge >= 0.3 is 0 Å². The first kappa shape index (κ1) is 19.9. The van der Waals surface area contributed by atoms with E-state index >= 15 is 0 Å². The lowest BCUT2D eigenvalue weighted by atomic mass is 10.1. The van der Waals surface area contributed by atoms with Crippen molar-refractivity contribution in [3.05, 3.63) is 71.2 Å². The zero-order chi connectivity index (χ0) is 19.9. The Morgan fingerprint density at radius 3 is 2.54 bits per heavy atom. The first-order chi connectivity index (χ1) is 13.5. The smallest absolute Gasteiger partial charge is 0.191 e. The third-order valence-corrected chi connectivity index (χ3v) is 4.62. The monoisotopic (exact) mass is 381 g/mol. The number of rotatable bonds is 7. The number of benzene rings is 2. The van der Waals surface area contributed by atoms with Crippen LogP contribution in [-0.2, 0) is 19.5 Å². The highest BCUT2D eigenvalue weighted by atomic mass is 19.1.